The molecule has 5 saturated heterocycles. The molecule has 0 aliphatic carbocycles. The van der Waals surface area contributed by atoms with Crippen LogP contribution in [0.3, 0.4) is 0 Å². The number of hydrogen-bond donors (Lipinski definition) is 21. The third kappa shape index (κ3) is 31.0. The Balaban J connectivity index is 1.36. The molecule has 0 saturated carbocycles. The number of carboxylic acids is 1. The van der Waals surface area contributed by atoms with Gasteiger partial charge in [0.15, 0.2) is 35.8 Å². The Bertz CT molecular complexity index is 3610. The molecule has 0 radical (unpaired) electrons. The van der Waals surface area contributed by atoms with E-state index in [4.69, 9.17) is 74.5 Å². The number of rotatable bonds is 48. The number of carbonyl (C=O) groups is 13. The number of guanidine groups is 6. The molecule has 45 nitrogen and oxygen atoms in total. The molecule has 5 fully saturated rings. The average Bonchev–Trinajstić information content (AvgIpc) is 1.62. The van der Waals surface area contributed by atoms with Gasteiger partial charge in [0, 0.05) is 72.0 Å². The zero-order valence-electron chi connectivity index (χ0n) is 68.6. The SMILES string of the molecule is CC[C@H](C)[C@H](NC(=O)[C@H](CCCN=C(N)N)NC(=O)[C@@H](N)CCCN=C(N)N)C(=O)N[C@@H](CCCN=C(N)N)C(=O)N1CCC[C@H]1C(=O)N[C@@H](CCCN=C(N)N)C(=O)N1CCC[C@H]1C(=O)N1CCC[C@H]1C(=O)N[C@@H](CCCN=C(N)N)C(=O)N[C@@H](CC(C)C)C(=O)N1CCC[C@H]1C(=O)N[C@@H](CCCN=C(N)N)C(=O)N1CCC[C@H]1C(=O)O. The summed E-state index contributed by atoms with van der Waals surface area (Å²) in [6, 6.07) is -15.8. The third-order valence-corrected chi connectivity index (χ3v) is 21.4. The summed E-state index contributed by atoms with van der Waals surface area (Å²) in [5, 5.41) is 29.6. The van der Waals surface area contributed by atoms with Gasteiger partial charge in [-0.05, 0) is 160 Å². The zero-order chi connectivity index (χ0) is 87.5. The van der Waals surface area contributed by atoms with Crippen molar-refractivity contribution in [3.05, 3.63) is 0 Å². The molecule has 14 atom stereocenters. The van der Waals surface area contributed by atoms with E-state index in [2.05, 4.69) is 67.2 Å². The first-order valence-corrected chi connectivity index (χ1v) is 40.9. The fraction of sp³-hybridized carbons (Fsp3) is 0.740. The highest BCUT2D eigenvalue weighted by molar-refractivity contribution is 6.01. The van der Waals surface area contributed by atoms with E-state index in [0.717, 1.165) is 0 Å². The Morgan fingerprint density at radius 3 is 1.00 bits per heavy atom. The Morgan fingerprint density at radius 1 is 0.347 bits per heavy atom. The van der Waals surface area contributed by atoms with Gasteiger partial charge in [0.25, 0.3) is 0 Å². The summed E-state index contributed by atoms with van der Waals surface area (Å²) in [5.41, 5.74) is 73.2. The standard InChI is InChI=1S/C73H131N31O14/c1-5-41(4)54(99-57(107)44(19-8-30-89-70(79)80)93-55(105)42(74)17-6-28-87-68(75)76)61(111)97-47(22-11-33-92-73(85)86)62(112)100-34-12-23-49(100)59(109)95-45(20-9-31-90-71(81)82)63(113)103-37-15-26-52(103)66(116)102-36-14-25-51(102)58(108)94-43(18-7-29-88-69(77)78)56(106)98-48(39-40(2)3)65(115)101-35-13-24-50(101)60(110)96-46(21-10-32-91-72(83)84)64(114)104-38-16-27-53(104)67(117)118/h40-54H,5-39,74H2,1-4H3,(H,93,105)(H,94,108)(H,95,109)(H,96,110)(H,97,111)(H,98,106)(H,99,107)(H,117,118)(H4,75,76,87)(H4,77,78,88)(H4,79,80,89)(H4,81,82,90)(H4,83,84,91)(H4,85,86,92)/t41-,42-,43-,44-,45-,46-,47-,48-,49-,50-,51-,52-,53-,54-/m0/s1. The lowest BCUT2D eigenvalue weighted by molar-refractivity contribution is -0.150. The molecule has 45 heteroatoms. The van der Waals surface area contributed by atoms with Gasteiger partial charge in [-0.1, -0.05) is 34.1 Å². The normalized spacial score (nSPS) is 19.9. The van der Waals surface area contributed by atoms with Crippen LogP contribution in [0.4, 0.5) is 0 Å². The second kappa shape index (κ2) is 49.0. The van der Waals surface area contributed by atoms with E-state index in [1.54, 1.807) is 13.8 Å². The Hall–Kier alpha value is -11.3. The van der Waals surface area contributed by atoms with E-state index in [-0.39, 0.29) is 223 Å². The summed E-state index contributed by atoms with van der Waals surface area (Å²) in [7, 11) is 0. The summed E-state index contributed by atoms with van der Waals surface area (Å²) >= 11 is 0. The minimum Gasteiger partial charge on any atom is -0.480 e. The molecule has 5 aliphatic heterocycles. The fourth-order valence-electron chi connectivity index (χ4n) is 15.2. The van der Waals surface area contributed by atoms with Crippen LogP contribution in [-0.4, -0.2) is 293 Å². The number of nitrogens with zero attached hydrogens (tertiary/aromatic N) is 11. The minimum atomic E-state index is -1.35. The van der Waals surface area contributed by atoms with Crippen molar-refractivity contribution in [2.24, 2.45) is 116 Å². The fourth-order valence-corrected chi connectivity index (χ4v) is 15.2. The maximum atomic E-state index is 15.2. The van der Waals surface area contributed by atoms with Gasteiger partial charge in [0.1, 0.15) is 72.5 Å². The largest absolute Gasteiger partial charge is 0.480 e. The number of hydrogen-bond acceptors (Lipinski definition) is 20. The smallest absolute Gasteiger partial charge is 0.326 e. The lowest BCUT2D eigenvalue weighted by Gasteiger charge is -2.34. The van der Waals surface area contributed by atoms with Gasteiger partial charge >= 0.3 is 5.97 Å². The van der Waals surface area contributed by atoms with Crippen LogP contribution in [-0.2, 0) is 62.3 Å². The van der Waals surface area contributed by atoms with Crippen LogP contribution in [0.1, 0.15) is 182 Å². The molecule has 34 N–H and O–H groups in total. The van der Waals surface area contributed by atoms with Crippen molar-refractivity contribution >= 4 is 113 Å². The van der Waals surface area contributed by atoms with E-state index >= 15 is 14.4 Å². The molecule has 0 aromatic carbocycles. The van der Waals surface area contributed by atoms with E-state index in [0.29, 0.717) is 44.9 Å². The first kappa shape index (κ1) is 97.3. The van der Waals surface area contributed by atoms with Crippen molar-refractivity contribution in [2.75, 3.05) is 72.0 Å². The molecule has 118 heavy (non-hydrogen) atoms. The Morgan fingerprint density at radius 2 is 0.627 bits per heavy atom. The zero-order valence-corrected chi connectivity index (χ0v) is 68.6. The number of likely N-dealkylation sites (tertiary alicyclic amines) is 5. The summed E-state index contributed by atoms with van der Waals surface area (Å²) in [6.07, 6.45) is 4.39. The van der Waals surface area contributed by atoms with Crippen molar-refractivity contribution in [3.63, 3.8) is 0 Å². The average molecular weight is 1670 g/mol. The van der Waals surface area contributed by atoms with E-state index in [1.807, 2.05) is 13.8 Å². The molecule has 5 aliphatic rings. The molecular formula is C73H131N31O14. The molecule has 0 aromatic rings. The maximum Gasteiger partial charge on any atom is 0.326 e. The number of nitrogens with two attached hydrogens (primary N) is 13. The molecule has 0 bridgehead atoms. The molecule has 5 heterocycles. The van der Waals surface area contributed by atoms with Gasteiger partial charge in [-0.2, -0.15) is 0 Å². The van der Waals surface area contributed by atoms with E-state index in [1.165, 1.54) is 24.5 Å². The molecular weight excluding hydrogens is 1540 g/mol. The van der Waals surface area contributed by atoms with Crippen molar-refractivity contribution in [1.29, 1.82) is 0 Å². The third-order valence-electron chi connectivity index (χ3n) is 21.4. The van der Waals surface area contributed by atoms with Crippen LogP contribution in [0.25, 0.3) is 0 Å². The predicted molar refractivity (Wildman–Crippen MR) is 441 cm³/mol. The number of aliphatic imine (C=N–C) groups is 6. The van der Waals surface area contributed by atoms with Gasteiger partial charge in [-0.15, -0.1) is 0 Å². The Labute approximate surface area is 687 Å². The lowest BCUT2D eigenvalue weighted by Crippen LogP contribution is -2.61. The predicted octanol–water partition coefficient (Wildman–Crippen LogP) is -7.84. The summed E-state index contributed by atoms with van der Waals surface area (Å²) in [4.78, 5) is 219. The van der Waals surface area contributed by atoms with Crippen molar-refractivity contribution in [2.45, 2.75) is 260 Å². The monoisotopic (exact) mass is 1670 g/mol. The number of amides is 12. The first-order valence-electron chi connectivity index (χ1n) is 40.9. The summed E-state index contributed by atoms with van der Waals surface area (Å²) < 4.78 is 0. The number of nitrogens with one attached hydrogen (secondary N) is 7. The van der Waals surface area contributed by atoms with Crippen LogP contribution in [0, 0.1) is 11.8 Å². The van der Waals surface area contributed by atoms with Crippen molar-refractivity contribution in [1.82, 2.24) is 61.7 Å². The number of carboxylic acid groups (broad SMARTS) is 1. The Kier molecular flexibility index (Phi) is 40.4. The molecule has 5 rings (SSSR count). The number of carbonyl (C=O) groups excluding carboxylic acids is 12. The van der Waals surface area contributed by atoms with E-state index in [9.17, 15) is 53.1 Å². The molecule has 662 valence electrons. The highest BCUT2D eigenvalue weighted by Crippen LogP contribution is 2.29. The molecule has 0 aromatic heterocycles. The second-order valence-corrected chi connectivity index (χ2v) is 31.0. The molecule has 0 unspecified atom stereocenters. The van der Waals surface area contributed by atoms with Crippen molar-refractivity contribution in [3.8, 4) is 0 Å². The molecule has 0 spiro atoms. The minimum absolute atomic E-state index is 0.0111. The van der Waals surface area contributed by atoms with Crippen molar-refractivity contribution < 1.29 is 67.4 Å². The van der Waals surface area contributed by atoms with Gasteiger partial charge < -0.3 is 141 Å². The topological polar surface area (TPSA) is 755 Å². The summed E-state index contributed by atoms with van der Waals surface area (Å²) in [6.45, 7) is 8.09. The van der Waals surface area contributed by atoms with Crippen LogP contribution < -0.4 is 112 Å². The quantitative estimate of drug-likeness (QED) is 0.0153. The summed E-state index contributed by atoms with van der Waals surface area (Å²) in [5.74, 6) is -11.4. The van der Waals surface area contributed by atoms with Crippen LogP contribution >= 0.6 is 0 Å². The van der Waals surface area contributed by atoms with Gasteiger partial charge in [0.05, 0.1) is 6.04 Å². The lowest BCUT2D eigenvalue weighted by atomic mass is 9.96. The van der Waals surface area contributed by atoms with Gasteiger partial charge in [-0.25, -0.2) is 4.79 Å². The highest BCUT2D eigenvalue weighted by atomic mass is 16.4. The van der Waals surface area contributed by atoms with E-state index < -0.39 is 161 Å². The highest BCUT2D eigenvalue weighted by Gasteiger charge is 2.48. The first-order chi connectivity index (χ1) is 55.9. The maximum absolute atomic E-state index is 15.2. The van der Waals surface area contributed by atoms with Crippen LogP contribution in [0.15, 0.2) is 30.0 Å². The second-order valence-electron chi connectivity index (χ2n) is 31.0. The van der Waals surface area contributed by atoms with Crippen LogP contribution in [0.2, 0.25) is 0 Å². The van der Waals surface area contributed by atoms with Crippen LogP contribution in [0.5, 0.6) is 0 Å². The molecule has 12 amide bonds. The van der Waals surface area contributed by atoms with Gasteiger partial charge in [-0.3, -0.25) is 87.5 Å². The number of aliphatic carboxylic acids is 1. The van der Waals surface area contributed by atoms with Gasteiger partial charge in [0.2, 0.25) is 70.9 Å².